The summed E-state index contributed by atoms with van der Waals surface area (Å²) < 4.78 is 37.6. The number of aromatic amines is 1. The van der Waals surface area contributed by atoms with Crippen molar-refractivity contribution in [3.63, 3.8) is 0 Å². The van der Waals surface area contributed by atoms with E-state index in [0.29, 0.717) is 6.42 Å². The second-order valence-electron chi connectivity index (χ2n) is 4.92. The average Bonchev–Trinajstić information content (AvgIpc) is 2.81. The van der Waals surface area contributed by atoms with Gasteiger partial charge in [-0.1, -0.05) is 12.1 Å². The van der Waals surface area contributed by atoms with Crippen LogP contribution in [0.25, 0.3) is 10.9 Å². The Labute approximate surface area is 131 Å². The van der Waals surface area contributed by atoms with E-state index in [1.807, 2.05) is 6.20 Å². The number of hydrogen-bond acceptors (Lipinski definition) is 1. The topological polar surface area (TPSA) is 36.0 Å². The largest absolute Gasteiger partial charge is 0.508 e. The van der Waals surface area contributed by atoms with E-state index >= 15 is 0 Å². The van der Waals surface area contributed by atoms with E-state index in [-0.39, 0.29) is 18.2 Å². The molecule has 0 saturated carbocycles. The maximum absolute atomic E-state index is 12.5. The number of aromatic hydroxyl groups is 1. The standard InChI is InChI=1S/C16H12F3NO.ClH/c17-16(18,19)12-3-1-10(2-4-12)7-11-9-20-15-6-5-13(21)8-14(11)15;/h1-6,8-9,20-21H,7H2;1H. The van der Waals surface area contributed by atoms with E-state index in [1.165, 1.54) is 12.1 Å². The van der Waals surface area contributed by atoms with Gasteiger partial charge in [-0.15, -0.1) is 12.4 Å². The Morgan fingerprint density at radius 1 is 1.00 bits per heavy atom. The normalized spacial score (nSPS) is 11.4. The van der Waals surface area contributed by atoms with Gasteiger partial charge in [0.25, 0.3) is 0 Å². The van der Waals surface area contributed by atoms with Gasteiger partial charge in [0.15, 0.2) is 0 Å². The molecule has 6 heteroatoms. The Morgan fingerprint density at radius 3 is 2.32 bits per heavy atom. The molecular weight excluding hydrogens is 315 g/mol. The van der Waals surface area contributed by atoms with Gasteiger partial charge >= 0.3 is 6.18 Å². The van der Waals surface area contributed by atoms with Crippen molar-refractivity contribution in [1.82, 2.24) is 4.98 Å². The number of fused-ring (bicyclic) bond motifs is 1. The molecule has 0 bridgehead atoms. The molecule has 2 aromatic carbocycles. The van der Waals surface area contributed by atoms with Crippen LogP contribution in [0.1, 0.15) is 16.7 Å². The van der Waals surface area contributed by atoms with Crippen molar-refractivity contribution in [2.75, 3.05) is 0 Å². The summed E-state index contributed by atoms with van der Waals surface area (Å²) in [6.45, 7) is 0. The van der Waals surface area contributed by atoms with Crippen molar-refractivity contribution < 1.29 is 18.3 Å². The number of benzene rings is 2. The van der Waals surface area contributed by atoms with Crippen LogP contribution in [-0.2, 0) is 12.6 Å². The molecule has 2 nitrogen and oxygen atoms in total. The third-order valence-corrected chi connectivity index (χ3v) is 3.43. The quantitative estimate of drug-likeness (QED) is 0.689. The van der Waals surface area contributed by atoms with Gasteiger partial charge in [0.05, 0.1) is 5.56 Å². The van der Waals surface area contributed by atoms with E-state index in [2.05, 4.69) is 4.98 Å². The van der Waals surface area contributed by atoms with Crippen molar-refractivity contribution in [3.05, 3.63) is 65.4 Å². The fraction of sp³-hybridized carbons (Fsp3) is 0.125. The van der Waals surface area contributed by atoms with Crippen LogP contribution in [0.15, 0.2) is 48.7 Å². The highest BCUT2D eigenvalue weighted by Crippen LogP contribution is 2.30. The minimum Gasteiger partial charge on any atom is -0.508 e. The first-order valence-electron chi connectivity index (χ1n) is 6.38. The third-order valence-electron chi connectivity index (χ3n) is 3.43. The van der Waals surface area contributed by atoms with Gasteiger partial charge in [0.2, 0.25) is 0 Å². The first-order chi connectivity index (χ1) is 9.93. The van der Waals surface area contributed by atoms with Crippen LogP contribution in [0.2, 0.25) is 0 Å². The zero-order valence-electron chi connectivity index (χ0n) is 11.3. The minimum absolute atomic E-state index is 0. The van der Waals surface area contributed by atoms with Gasteiger partial charge in [-0.05, 0) is 47.9 Å². The lowest BCUT2D eigenvalue weighted by Gasteiger charge is -2.07. The summed E-state index contributed by atoms with van der Waals surface area (Å²) in [6.07, 6.45) is -2.01. The smallest absolute Gasteiger partial charge is 0.416 e. The molecule has 3 aromatic rings. The summed E-state index contributed by atoms with van der Waals surface area (Å²) in [4.78, 5) is 3.08. The number of nitrogens with one attached hydrogen (secondary N) is 1. The molecule has 0 spiro atoms. The van der Waals surface area contributed by atoms with Crippen LogP contribution in [0.4, 0.5) is 13.2 Å². The van der Waals surface area contributed by atoms with Crippen LogP contribution in [-0.4, -0.2) is 10.1 Å². The molecule has 3 rings (SSSR count). The number of alkyl halides is 3. The first kappa shape index (κ1) is 16.2. The Bertz CT molecular complexity index is 778. The molecule has 0 fully saturated rings. The number of phenolic OH excluding ortho intramolecular Hbond substituents is 1. The number of phenols is 1. The summed E-state index contributed by atoms with van der Waals surface area (Å²) in [6, 6.07) is 10.1. The molecule has 0 aliphatic rings. The van der Waals surface area contributed by atoms with Gasteiger partial charge in [-0.2, -0.15) is 13.2 Å². The zero-order chi connectivity index (χ0) is 15.0. The molecule has 2 N–H and O–H groups in total. The fourth-order valence-corrected chi connectivity index (χ4v) is 2.34. The highest BCUT2D eigenvalue weighted by Gasteiger charge is 2.29. The van der Waals surface area contributed by atoms with Crippen molar-refractivity contribution in [3.8, 4) is 5.75 Å². The van der Waals surface area contributed by atoms with Gasteiger partial charge in [-0.25, -0.2) is 0 Å². The lowest BCUT2D eigenvalue weighted by molar-refractivity contribution is -0.137. The average molecular weight is 328 g/mol. The van der Waals surface area contributed by atoms with Gasteiger partial charge < -0.3 is 10.1 Å². The highest BCUT2D eigenvalue weighted by atomic mass is 35.5. The second kappa shape index (κ2) is 5.93. The summed E-state index contributed by atoms with van der Waals surface area (Å²) in [5, 5.41) is 10.4. The van der Waals surface area contributed by atoms with Crippen molar-refractivity contribution in [1.29, 1.82) is 0 Å². The molecule has 22 heavy (non-hydrogen) atoms. The molecule has 116 valence electrons. The summed E-state index contributed by atoms with van der Waals surface area (Å²) in [5.41, 5.74) is 1.95. The van der Waals surface area contributed by atoms with Gasteiger partial charge in [0, 0.05) is 17.1 Å². The number of rotatable bonds is 2. The molecule has 0 aliphatic heterocycles. The lowest BCUT2D eigenvalue weighted by Crippen LogP contribution is -2.04. The minimum atomic E-state index is -4.31. The maximum Gasteiger partial charge on any atom is 0.416 e. The van der Waals surface area contributed by atoms with E-state index in [9.17, 15) is 18.3 Å². The maximum atomic E-state index is 12.5. The first-order valence-corrected chi connectivity index (χ1v) is 6.38. The molecule has 0 radical (unpaired) electrons. The highest BCUT2D eigenvalue weighted by molar-refractivity contribution is 5.85. The molecular formula is C16H13ClF3NO. The Morgan fingerprint density at radius 2 is 1.68 bits per heavy atom. The Kier molecular flexibility index (Phi) is 4.37. The van der Waals surface area contributed by atoms with Crippen LogP contribution in [0.5, 0.6) is 5.75 Å². The SMILES string of the molecule is Cl.Oc1ccc2[nH]cc(Cc3ccc(C(F)(F)F)cc3)c2c1. The molecule has 1 aromatic heterocycles. The Balaban J connectivity index is 0.00000176. The second-order valence-corrected chi connectivity index (χ2v) is 4.92. The van der Waals surface area contributed by atoms with E-state index in [1.54, 1.807) is 18.2 Å². The molecule has 0 amide bonds. The number of hydrogen-bond donors (Lipinski definition) is 2. The van der Waals surface area contributed by atoms with Crippen molar-refractivity contribution in [2.45, 2.75) is 12.6 Å². The van der Waals surface area contributed by atoms with E-state index in [0.717, 1.165) is 34.2 Å². The van der Waals surface area contributed by atoms with E-state index < -0.39 is 11.7 Å². The molecule has 0 unspecified atom stereocenters. The molecule has 0 aliphatic carbocycles. The summed E-state index contributed by atoms with van der Waals surface area (Å²) >= 11 is 0. The zero-order valence-corrected chi connectivity index (χ0v) is 12.1. The van der Waals surface area contributed by atoms with Crippen molar-refractivity contribution in [2.24, 2.45) is 0 Å². The third kappa shape index (κ3) is 3.20. The molecule has 0 saturated heterocycles. The predicted molar refractivity (Wildman–Crippen MR) is 81.5 cm³/mol. The fourth-order valence-electron chi connectivity index (χ4n) is 2.34. The van der Waals surface area contributed by atoms with Crippen LogP contribution < -0.4 is 0 Å². The van der Waals surface area contributed by atoms with Crippen LogP contribution in [0, 0.1) is 0 Å². The van der Waals surface area contributed by atoms with Crippen LogP contribution in [0.3, 0.4) is 0 Å². The molecule has 1 heterocycles. The van der Waals surface area contributed by atoms with Gasteiger partial charge in [-0.3, -0.25) is 0 Å². The number of aromatic nitrogens is 1. The monoisotopic (exact) mass is 327 g/mol. The lowest BCUT2D eigenvalue weighted by atomic mass is 10.0. The Hall–Kier alpha value is -2.14. The van der Waals surface area contributed by atoms with Gasteiger partial charge in [0.1, 0.15) is 5.75 Å². The molecule has 0 atom stereocenters. The van der Waals surface area contributed by atoms with Crippen molar-refractivity contribution >= 4 is 23.3 Å². The summed E-state index contributed by atoms with van der Waals surface area (Å²) in [5.74, 6) is 0.163. The van der Waals surface area contributed by atoms with Crippen LogP contribution >= 0.6 is 12.4 Å². The number of halogens is 4. The predicted octanol–water partition coefficient (Wildman–Crippen LogP) is 4.90. The van der Waals surface area contributed by atoms with E-state index in [4.69, 9.17) is 0 Å². The number of H-pyrrole nitrogens is 1. The summed E-state index contributed by atoms with van der Waals surface area (Å²) in [7, 11) is 0.